The van der Waals surface area contributed by atoms with Crippen LogP contribution in [0.5, 0.6) is 0 Å². The van der Waals surface area contributed by atoms with Crippen LogP contribution in [-0.2, 0) is 16.0 Å². The molecule has 0 radical (unpaired) electrons. The maximum absolute atomic E-state index is 12.6. The number of esters is 1. The highest BCUT2D eigenvalue weighted by Crippen LogP contribution is 2.35. The monoisotopic (exact) mass is 385 g/mol. The van der Waals surface area contributed by atoms with Crippen LogP contribution in [0, 0.1) is 0 Å². The Hall–Kier alpha value is -2.37. The van der Waals surface area contributed by atoms with Crippen LogP contribution in [0.1, 0.15) is 21.7 Å². The third-order valence-electron chi connectivity index (χ3n) is 4.46. The molecule has 0 aliphatic carbocycles. The Morgan fingerprint density at radius 2 is 1.88 bits per heavy atom. The molecular weight excluding hydrogens is 370 g/mol. The van der Waals surface area contributed by atoms with Gasteiger partial charge in [0, 0.05) is 22.3 Å². The molecule has 6 heteroatoms. The summed E-state index contributed by atoms with van der Waals surface area (Å²) in [6, 6.07) is 15.4. The fourth-order valence-corrected chi connectivity index (χ4v) is 4.61. The van der Waals surface area contributed by atoms with Crippen LogP contribution in [0.25, 0.3) is 10.1 Å². The number of carbonyl (C=O) groups is 2. The molecule has 4 nitrogen and oxygen atoms in total. The van der Waals surface area contributed by atoms with E-state index >= 15 is 0 Å². The molecule has 0 spiro atoms. The van der Waals surface area contributed by atoms with Gasteiger partial charge in [-0.2, -0.15) is 0 Å². The number of rotatable bonds is 3. The van der Waals surface area contributed by atoms with Crippen molar-refractivity contribution in [3.05, 3.63) is 64.0 Å². The van der Waals surface area contributed by atoms with Crippen molar-refractivity contribution in [2.24, 2.45) is 0 Å². The second-order valence-corrected chi connectivity index (χ2v) is 7.53. The SMILES string of the molecule is O=C(OCC(=O)N1CCCc2ccccc21)c1sc2ccccc2c1Cl. The second kappa shape index (κ2) is 7.09. The average molecular weight is 386 g/mol. The highest BCUT2D eigenvalue weighted by Gasteiger charge is 2.24. The average Bonchev–Trinajstić information content (AvgIpc) is 3.02. The lowest BCUT2D eigenvalue weighted by Gasteiger charge is -2.29. The highest BCUT2D eigenvalue weighted by molar-refractivity contribution is 7.21. The van der Waals surface area contributed by atoms with E-state index in [0.717, 1.165) is 34.2 Å². The van der Waals surface area contributed by atoms with Gasteiger partial charge in [0.05, 0.1) is 5.02 Å². The van der Waals surface area contributed by atoms with E-state index in [1.54, 1.807) is 4.90 Å². The molecule has 2 aromatic carbocycles. The van der Waals surface area contributed by atoms with Gasteiger partial charge in [-0.15, -0.1) is 11.3 Å². The van der Waals surface area contributed by atoms with Crippen LogP contribution in [0.4, 0.5) is 5.69 Å². The van der Waals surface area contributed by atoms with E-state index in [-0.39, 0.29) is 12.5 Å². The molecule has 1 amide bonds. The fraction of sp³-hybridized carbons (Fsp3) is 0.200. The van der Waals surface area contributed by atoms with Gasteiger partial charge in [0.15, 0.2) is 6.61 Å². The number of halogens is 1. The lowest BCUT2D eigenvalue weighted by atomic mass is 10.0. The Labute approximate surface area is 159 Å². The number of nitrogens with zero attached hydrogens (tertiary/aromatic N) is 1. The van der Waals surface area contributed by atoms with Crippen LogP contribution in [0.2, 0.25) is 5.02 Å². The molecule has 1 aliphatic heterocycles. The van der Waals surface area contributed by atoms with E-state index < -0.39 is 5.97 Å². The quantitative estimate of drug-likeness (QED) is 0.614. The molecule has 0 saturated heterocycles. The number of fused-ring (bicyclic) bond motifs is 2. The van der Waals surface area contributed by atoms with Crippen molar-refractivity contribution < 1.29 is 14.3 Å². The van der Waals surface area contributed by atoms with Gasteiger partial charge in [-0.1, -0.05) is 48.0 Å². The summed E-state index contributed by atoms with van der Waals surface area (Å²) in [5, 5.41) is 1.20. The van der Waals surface area contributed by atoms with Gasteiger partial charge in [-0.05, 0) is 30.5 Å². The van der Waals surface area contributed by atoms with E-state index in [9.17, 15) is 9.59 Å². The number of benzene rings is 2. The van der Waals surface area contributed by atoms with Crippen molar-refractivity contribution in [3.8, 4) is 0 Å². The minimum Gasteiger partial charge on any atom is -0.451 e. The Kier molecular flexibility index (Phi) is 4.66. The topological polar surface area (TPSA) is 46.6 Å². The first-order valence-electron chi connectivity index (χ1n) is 8.37. The van der Waals surface area contributed by atoms with Crippen molar-refractivity contribution in [2.75, 3.05) is 18.1 Å². The predicted octanol–water partition coefficient (Wildman–Crippen LogP) is 4.69. The molecule has 0 unspecified atom stereocenters. The number of carbonyl (C=O) groups excluding carboxylic acids is 2. The first-order valence-corrected chi connectivity index (χ1v) is 9.57. The summed E-state index contributed by atoms with van der Waals surface area (Å²) in [6.07, 6.45) is 1.86. The van der Waals surface area contributed by atoms with E-state index in [4.69, 9.17) is 16.3 Å². The van der Waals surface area contributed by atoms with Gasteiger partial charge in [0.1, 0.15) is 4.88 Å². The van der Waals surface area contributed by atoms with Gasteiger partial charge in [-0.3, -0.25) is 4.79 Å². The number of amides is 1. The van der Waals surface area contributed by atoms with E-state index in [1.807, 2.05) is 48.5 Å². The molecule has 0 saturated carbocycles. The molecular formula is C20H16ClNO3S. The number of para-hydroxylation sites is 1. The number of aryl methyl sites for hydroxylation is 1. The maximum atomic E-state index is 12.6. The normalized spacial score (nSPS) is 13.5. The number of thiophene rings is 1. The lowest BCUT2D eigenvalue weighted by molar-refractivity contribution is -0.121. The largest absolute Gasteiger partial charge is 0.451 e. The smallest absolute Gasteiger partial charge is 0.350 e. The summed E-state index contributed by atoms with van der Waals surface area (Å²) in [6.45, 7) is 0.342. The van der Waals surface area contributed by atoms with Crippen molar-refractivity contribution in [3.63, 3.8) is 0 Å². The van der Waals surface area contributed by atoms with Crippen molar-refractivity contribution >= 4 is 50.6 Å². The molecule has 1 aromatic heterocycles. The molecule has 0 atom stereocenters. The molecule has 4 rings (SSSR count). The third-order valence-corrected chi connectivity index (χ3v) is 6.11. The third kappa shape index (κ3) is 3.08. The van der Waals surface area contributed by atoms with Gasteiger partial charge in [-0.25, -0.2) is 4.79 Å². The van der Waals surface area contributed by atoms with Gasteiger partial charge in [0.2, 0.25) is 0 Å². The fourth-order valence-electron chi connectivity index (χ4n) is 3.21. The molecule has 0 bridgehead atoms. The van der Waals surface area contributed by atoms with Crippen LogP contribution < -0.4 is 4.90 Å². The predicted molar refractivity (Wildman–Crippen MR) is 104 cm³/mol. The highest BCUT2D eigenvalue weighted by atomic mass is 35.5. The molecule has 0 N–H and O–H groups in total. The standard InChI is InChI=1S/C20H16ClNO3S/c21-18-14-8-2-4-10-16(14)26-19(18)20(24)25-12-17(23)22-11-5-7-13-6-1-3-9-15(13)22/h1-4,6,8-10H,5,7,11-12H2. The summed E-state index contributed by atoms with van der Waals surface area (Å²) < 4.78 is 6.18. The van der Waals surface area contributed by atoms with Crippen LogP contribution in [-0.4, -0.2) is 25.0 Å². The first-order chi connectivity index (χ1) is 12.6. The molecule has 2 heterocycles. The Balaban J connectivity index is 1.48. The summed E-state index contributed by atoms with van der Waals surface area (Å²) in [7, 11) is 0. The molecule has 1 aliphatic rings. The number of hydrogen-bond acceptors (Lipinski definition) is 4. The maximum Gasteiger partial charge on any atom is 0.350 e. The van der Waals surface area contributed by atoms with Crippen molar-refractivity contribution in [2.45, 2.75) is 12.8 Å². The minimum atomic E-state index is -0.560. The van der Waals surface area contributed by atoms with Crippen molar-refractivity contribution in [1.82, 2.24) is 0 Å². The van der Waals surface area contributed by atoms with Crippen LogP contribution in [0.3, 0.4) is 0 Å². The van der Waals surface area contributed by atoms with Crippen LogP contribution in [0.15, 0.2) is 48.5 Å². The zero-order valence-corrected chi connectivity index (χ0v) is 15.5. The summed E-state index contributed by atoms with van der Waals surface area (Å²) in [4.78, 5) is 27.0. The zero-order chi connectivity index (χ0) is 18.1. The number of anilines is 1. The second-order valence-electron chi connectivity index (χ2n) is 6.10. The first kappa shape index (κ1) is 17.1. The van der Waals surface area contributed by atoms with Gasteiger partial charge in [0.25, 0.3) is 5.91 Å². The Morgan fingerprint density at radius 3 is 2.73 bits per heavy atom. The molecule has 3 aromatic rings. The van der Waals surface area contributed by atoms with Crippen molar-refractivity contribution in [1.29, 1.82) is 0 Å². The van der Waals surface area contributed by atoms with E-state index in [1.165, 1.54) is 11.3 Å². The molecule has 26 heavy (non-hydrogen) atoms. The summed E-state index contributed by atoms with van der Waals surface area (Å²) >= 11 is 7.57. The number of hydrogen-bond donors (Lipinski definition) is 0. The Morgan fingerprint density at radius 1 is 1.12 bits per heavy atom. The van der Waals surface area contributed by atoms with Gasteiger partial charge < -0.3 is 9.64 Å². The van der Waals surface area contributed by atoms with Gasteiger partial charge >= 0.3 is 5.97 Å². The number of ether oxygens (including phenoxy) is 1. The molecule has 0 fully saturated rings. The summed E-state index contributed by atoms with van der Waals surface area (Å²) in [5.41, 5.74) is 2.05. The summed E-state index contributed by atoms with van der Waals surface area (Å²) in [5.74, 6) is -0.780. The Bertz CT molecular complexity index is 998. The molecule has 132 valence electrons. The van der Waals surface area contributed by atoms with E-state index in [0.29, 0.717) is 16.4 Å². The minimum absolute atomic E-state index is 0.220. The van der Waals surface area contributed by atoms with E-state index in [2.05, 4.69) is 0 Å². The van der Waals surface area contributed by atoms with Crippen LogP contribution >= 0.6 is 22.9 Å². The lowest BCUT2D eigenvalue weighted by Crippen LogP contribution is -2.38. The zero-order valence-electron chi connectivity index (χ0n) is 13.9.